The predicted molar refractivity (Wildman–Crippen MR) is 120 cm³/mol. The van der Waals surface area contributed by atoms with Gasteiger partial charge >= 0.3 is 6.09 Å². The first-order valence-corrected chi connectivity index (χ1v) is 10.4. The number of rotatable bonds is 8. The van der Waals surface area contributed by atoms with E-state index >= 15 is 0 Å². The van der Waals surface area contributed by atoms with Gasteiger partial charge in [0.15, 0.2) is 0 Å². The Labute approximate surface area is 187 Å². The standard InChI is InChI=1S/C24H29N3O5/c1-24(2,3)32-23(29)27(4)12-13-30-16-21(28)26-22(18-9-7-11-25-15-18)20-14-17-8-5-6-10-19(17)31-20/h5-11,14-15,22H,12-13,16H2,1-4H3,(H,26,28). The Morgan fingerprint density at radius 1 is 1.19 bits per heavy atom. The number of hydrogen-bond acceptors (Lipinski definition) is 6. The summed E-state index contributed by atoms with van der Waals surface area (Å²) in [4.78, 5) is 30.1. The summed E-state index contributed by atoms with van der Waals surface area (Å²) in [5, 5.41) is 3.90. The van der Waals surface area contributed by atoms with E-state index in [0.29, 0.717) is 12.3 Å². The molecule has 0 spiro atoms. The summed E-state index contributed by atoms with van der Waals surface area (Å²) in [7, 11) is 1.62. The van der Waals surface area contributed by atoms with Crippen molar-refractivity contribution in [2.24, 2.45) is 0 Å². The third kappa shape index (κ3) is 6.55. The Bertz CT molecular complexity index is 1010. The molecule has 1 unspecified atom stereocenters. The van der Waals surface area contributed by atoms with Gasteiger partial charge in [0, 0.05) is 36.9 Å². The molecule has 32 heavy (non-hydrogen) atoms. The number of hydrogen-bond donors (Lipinski definition) is 1. The van der Waals surface area contributed by atoms with Gasteiger partial charge in [-0.2, -0.15) is 0 Å². The Morgan fingerprint density at radius 3 is 2.66 bits per heavy atom. The smallest absolute Gasteiger partial charge is 0.410 e. The summed E-state index contributed by atoms with van der Waals surface area (Å²) < 4.78 is 16.7. The molecule has 8 nitrogen and oxygen atoms in total. The Morgan fingerprint density at radius 2 is 1.97 bits per heavy atom. The highest BCUT2D eigenvalue weighted by atomic mass is 16.6. The maximum atomic E-state index is 12.6. The molecule has 3 aromatic rings. The number of furan rings is 1. The Kier molecular flexibility index (Phi) is 7.48. The highest BCUT2D eigenvalue weighted by molar-refractivity contribution is 5.80. The van der Waals surface area contributed by atoms with Crippen LogP contribution in [-0.4, -0.2) is 54.3 Å². The molecule has 0 aliphatic heterocycles. The monoisotopic (exact) mass is 439 g/mol. The summed E-state index contributed by atoms with van der Waals surface area (Å²) in [6, 6.07) is 12.7. The SMILES string of the molecule is CN(CCOCC(=O)NC(c1cccnc1)c1cc2ccccc2o1)C(=O)OC(C)(C)C. The van der Waals surface area contributed by atoms with Crippen LogP contribution in [0.5, 0.6) is 0 Å². The highest BCUT2D eigenvalue weighted by Gasteiger charge is 2.22. The second-order valence-corrected chi connectivity index (χ2v) is 8.43. The number of pyridine rings is 1. The quantitative estimate of drug-likeness (QED) is 0.535. The number of carbonyl (C=O) groups excluding carboxylic acids is 2. The maximum Gasteiger partial charge on any atom is 0.410 e. The van der Waals surface area contributed by atoms with E-state index in [0.717, 1.165) is 16.5 Å². The molecule has 0 aliphatic carbocycles. The number of para-hydroxylation sites is 1. The van der Waals surface area contributed by atoms with Crippen molar-refractivity contribution in [3.63, 3.8) is 0 Å². The molecule has 0 saturated carbocycles. The number of nitrogens with zero attached hydrogens (tertiary/aromatic N) is 2. The van der Waals surface area contributed by atoms with E-state index in [1.165, 1.54) is 4.90 Å². The first-order valence-electron chi connectivity index (χ1n) is 10.4. The third-order valence-electron chi connectivity index (χ3n) is 4.56. The lowest BCUT2D eigenvalue weighted by atomic mass is 10.1. The van der Waals surface area contributed by atoms with Crippen LogP contribution in [-0.2, 0) is 14.3 Å². The number of fused-ring (bicyclic) bond motifs is 1. The number of nitrogens with one attached hydrogen (secondary N) is 1. The van der Waals surface area contributed by atoms with Gasteiger partial charge in [-0.1, -0.05) is 24.3 Å². The molecule has 0 fully saturated rings. The van der Waals surface area contributed by atoms with E-state index in [1.54, 1.807) is 46.3 Å². The molecule has 1 atom stereocenters. The molecule has 1 aromatic carbocycles. The molecule has 0 bridgehead atoms. The zero-order valence-electron chi connectivity index (χ0n) is 18.8. The number of amides is 2. The molecule has 2 amide bonds. The Balaban J connectivity index is 1.57. The molecule has 2 heterocycles. The van der Waals surface area contributed by atoms with E-state index < -0.39 is 17.7 Å². The van der Waals surface area contributed by atoms with Crippen molar-refractivity contribution < 1.29 is 23.5 Å². The van der Waals surface area contributed by atoms with Crippen LogP contribution in [0.1, 0.15) is 38.1 Å². The van der Waals surface area contributed by atoms with Gasteiger partial charge in [-0.25, -0.2) is 4.79 Å². The summed E-state index contributed by atoms with van der Waals surface area (Å²) in [5.74, 6) is 0.302. The van der Waals surface area contributed by atoms with Crippen LogP contribution in [0.2, 0.25) is 0 Å². The normalized spacial score (nSPS) is 12.4. The molecular weight excluding hydrogens is 410 g/mol. The van der Waals surface area contributed by atoms with Crippen molar-refractivity contribution in [1.29, 1.82) is 0 Å². The van der Waals surface area contributed by atoms with Crippen molar-refractivity contribution in [2.45, 2.75) is 32.4 Å². The minimum absolute atomic E-state index is 0.154. The number of ether oxygens (including phenoxy) is 2. The fraction of sp³-hybridized carbons (Fsp3) is 0.375. The number of likely N-dealkylation sites (N-methyl/N-ethyl adjacent to an activating group) is 1. The first kappa shape index (κ1) is 23.3. The second-order valence-electron chi connectivity index (χ2n) is 8.43. The zero-order valence-corrected chi connectivity index (χ0v) is 18.8. The minimum atomic E-state index is -0.565. The molecular formula is C24H29N3O5. The minimum Gasteiger partial charge on any atom is -0.459 e. The van der Waals surface area contributed by atoms with Gasteiger partial charge < -0.3 is 24.1 Å². The van der Waals surface area contributed by atoms with E-state index in [-0.39, 0.29) is 19.1 Å². The van der Waals surface area contributed by atoms with Gasteiger partial charge in [0.05, 0.1) is 6.61 Å². The summed E-state index contributed by atoms with van der Waals surface area (Å²) >= 11 is 0. The summed E-state index contributed by atoms with van der Waals surface area (Å²) in [6.45, 7) is 5.77. The van der Waals surface area contributed by atoms with Gasteiger partial charge in [0.25, 0.3) is 0 Å². The number of benzene rings is 1. The van der Waals surface area contributed by atoms with Crippen LogP contribution >= 0.6 is 0 Å². The van der Waals surface area contributed by atoms with Crippen LogP contribution in [0.3, 0.4) is 0 Å². The summed E-state index contributed by atoms with van der Waals surface area (Å²) in [6.07, 6.45) is 2.92. The van der Waals surface area contributed by atoms with Gasteiger partial charge in [-0.3, -0.25) is 9.78 Å². The van der Waals surface area contributed by atoms with Gasteiger partial charge in [0.2, 0.25) is 5.91 Å². The van der Waals surface area contributed by atoms with E-state index in [4.69, 9.17) is 13.9 Å². The molecule has 1 N–H and O–H groups in total. The molecule has 0 radical (unpaired) electrons. The van der Waals surface area contributed by atoms with Gasteiger partial charge in [-0.15, -0.1) is 0 Å². The fourth-order valence-corrected chi connectivity index (χ4v) is 3.01. The van der Waals surface area contributed by atoms with Crippen LogP contribution in [0.15, 0.2) is 59.3 Å². The lowest BCUT2D eigenvalue weighted by molar-refractivity contribution is -0.126. The van der Waals surface area contributed by atoms with Crippen LogP contribution in [0.4, 0.5) is 4.79 Å². The van der Waals surface area contributed by atoms with E-state index in [2.05, 4.69) is 10.3 Å². The fourth-order valence-electron chi connectivity index (χ4n) is 3.01. The molecule has 2 aromatic heterocycles. The van der Waals surface area contributed by atoms with Crippen molar-refractivity contribution in [3.8, 4) is 0 Å². The average molecular weight is 440 g/mol. The van der Waals surface area contributed by atoms with Gasteiger partial charge in [0.1, 0.15) is 29.6 Å². The van der Waals surface area contributed by atoms with Crippen molar-refractivity contribution in [1.82, 2.24) is 15.2 Å². The highest BCUT2D eigenvalue weighted by Crippen LogP contribution is 2.28. The molecule has 170 valence electrons. The molecule has 3 rings (SSSR count). The molecule has 0 saturated heterocycles. The van der Waals surface area contributed by atoms with Crippen molar-refractivity contribution in [2.75, 3.05) is 26.8 Å². The number of carbonyl (C=O) groups is 2. The van der Waals surface area contributed by atoms with Crippen LogP contribution < -0.4 is 5.32 Å². The lowest BCUT2D eigenvalue weighted by Gasteiger charge is -2.24. The summed E-state index contributed by atoms with van der Waals surface area (Å²) in [5.41, 5.74) is 0.973. The van der Waals surface area contributed by atoms with E-state index in [1.807, 2.05) is 36.4 Å². The zero-order chi connectivity index (χ0) is 23.1. The lowest BCUT2D eigenvalue weighted by Crippen LogP contribution is -2.37. The number of aromatic nitrogens is 1. The topological polar surface area (TPSA) is 93.9 Å². The van der Waals surface area contributed by atoms with E-state index in [9.17, 15) is 9.59 Å². The largest absolute Gasteiger partial charge is 0.459 e. The van der Waals surface area contributed by atoms with Crippen LogP contribution in [0.25, 0.3) is 11.0 Å². The van der Waals surface area contributed by atoms with Crippen LogP contribution in [0, 0.1) is 0 Å². The molecule has 8 heteroatoms. The Hall–Kier alpha value is -3.39. The van der Waals surface area contributed by atoms with Crippen molar-refractivity contribution in [3.05, 3.63) is 66.2 Å². The first-order chi connectivity index (χ1) is 15.2. The predicted octanol–water partition coefficient (Wildman–Crippen LogP) is 3.92. The third-order valence-corrected chi connectivity index (χ3v) is 4.56. The second kappa shape index (κ2) is 10.3. The average Bonchev–Trinajstić information content (AvgIpc) is 3.18. The maximum absolute atomic E-state index is 12.6. The molecule has 0 aliphatic rings. The van der Waals surface area contributed by atoms with Gasteiger partial charge in [-0.05, 0) is 39.0 Å². The van der Waals surface area contributed by atoms with Crippen molar-refractivity contribution >= 4 is 23.0 Å².